The maximum atomic E-state index is 11.7. The highest BCUT2D eigenvalue weighted by Gasteiger charge is 2.23. The summed E-state index contributed by atoms with van der Waals surface area (Å²) in [5.41, 5.74) is 0.0778. The zero-order chi connectivity index (χ0) is 19.7. The summed E-state index contributed by atoms with van der Waals surface area (Å²) in [5, 5.41) is 23.1. The summed E-state index contributed by atoms with van der Waals surface area (Å²) in [6.07, 6.45) is 2.60. The van der Waals surface area contributed by atoms with Crippen molar-refractivity contribution in [1.82, 2.24) is 0 Å². The highest BCUT2D eigenvalue weighted by atomic mass is 16.5. The zero-order valence-electron chi connectivity index (χ0n) is 16.0. The van der Waals surface area contributed by atoms with E-state index in [1.807, 2.05) is 20.8 Å². The minimum Gasteiger partial charge on any atom is -0.545 e. The number of rotatable bonds is 12. The number of hydrogen-bond donors (Lipinski definition) is 0. The van der Waals surface area contributed by atoms with Crippen LogP contribution in [-0.4, -0.2) is 25.2 Å². The number of hydrogen-bond acceptors (Lipinski definition) is 6. The molecule has 0 amide bonds. The molecule has 6 heteroatoms. The van der Waals surface area contributed by atoms with Crippen molar-refractivity contribution in [2.24, 2.45) is 0 Å². The summed E-state index contributed by atoms with van der Waals surface area (Å²) < 4.78 is 11.5. The lowest BCUT2D eigenvalue weighted by Gasteiger charge is -2.27. The largest absolute Gasteiger partial charge is 0.545 e. The van der Waals surface area contributed by atoms with Gasteiger partial charge in [-0.3, -0.25) is 0 Å². The van der Waals surface area contributed by atoms with E-state index in [4.69, 9.17) is 9.47 Å². The molecule has 2 unspecified atom stereocenters. The molecule has 0 aliphatic carbocycles. The van der Waals surface area contributed by atoms with Crippen LogP contribution in [0.2, 0.25) is 0 Å². The minimum atomic E-state index is -1.56. The fourth-order valence-corrected chi connectivity index (χ4v) is 2.80. The van der Waals surface area contributed by atoms with Gasteiger partial charge in [0.25, 0.3) is 0 Å². The fraction of sp³-hybridized carbons (Fsp3) is 0.600. The van der Waals surface area contributed by atoms with Crippen molar-refractivity contribution in [2.75, 3.05) is 13.2 Å². The molecule has 0 bridgehead atoms. The first kappa shape index (κ1) is 22.1. The second-order valence-corrected chi connectivity index (χ2v) is 6.30. The van der Waals surface area contributed by atoms with Gasteiger partial charge in [-0.25, -0.2) is 0 Å². The molecule has 26 heavy (non-hydrogen) atoms. The zero-order valence-corrected chi connectivity index (χ0v) is 16.0. The van der Waals surface area contributed by atoms with Crippen LogP contribution in [0.15, 0.2) is 12.1 Å². The first-order chi connectivity index (χ1) is 12.3. The van der Waals surface area contributed by atoms with Gasteiger partial charge in [0, 0.05) is 24.3 Å². The molecule has 1 aromatic carbocycles. The molecule has 0 N–H and O–H groups in total. The van der Waals surface area contributed by atoms with E-state index < -0.39 is 35.3 Å². The third-order valence-electron chi connectivity index (χ3n) is 4.28. The van der Waals surface area contributed by atoms with Gasteiger partial charge in [-0.2, -0.15) is 0 Å². The highest BCUT2D eigenvalue weighted by molar-refractivity contribution is 6.01. The summed E-state index contributed by atoms with van der Waals surface area (Å²) in [6.45, 7) is 8.57. The van der Waals surface area contributed by atoms with Crippen molar-refractivity contribution in [3.8, 4) is 0 Å². The maximum Gasteiger partial charge on any atom is 0.0807 e. The molecule has 0 aliphatic heterocycles. The molecule has 0 heterocycles. The first-order valence-electron chi connectivity index (χ1n) is 9.17. The highest BCUT2D eigenvalue weighted by Crippen LogP contribution is 2.33. The molecule has 0 radical (unpaired) electrons. The Kier molecular flexibility index (Phi) is 9.30. The number of unbranched alkanes of at least 4 members (excludes halogenated alkanes) is 2. The Morgan fingerprint density at radius 2 is 1.46 bits per heavy atom. The van der Waals surface area contributed by atoms with Crippen LogP contribution in [0, 0.1) is 0 Å². The number of aromatic carboxylic acids is 2. The van der Waals surface area contributed by atoms with Crippen molar-refractivity contribution in [2.45, 2.75) is 65.6 Å². The molecular formula is C20H28O6-2. The van der Waals surface area contributed by atoms with Crippen LogP contribution in [0.3, 0.4) is 0 Å². The molecule has 0 spiro atoms. The van der Waals surface area contributed by atoms with E-state index in [9.17, 15) is 19.8 Å². The summed E-state index contributed by atoms with van der Waals surface area (Å²) in [4.78, 5) is 23.1. The third kappa shape index (κ3) is 5.81. The Morgan fingerprint density at radius 1 is 0.923 bits per heavy atom. The summed E-state index contributed by atoms with van der Waals surface area (Å²) in [7, 11) is 0. The van der Waals surface area contributed by atoms with Gasteiger partial charge in [0.2, 0.25) is 0 Å². The molecule has 0 aromatic heterocycles. The molecule has 0 aliphatic rings. The van der Waals surface area contributed by atoms with Crippen LogP contribution in [0.1, 0.15) is 97.4 Å². The van der Waals surface area contributed by atoms with Gasteiger partial charge >= 0.3 is 0 Å². The third-order valence-corrected chi connectivity index (χ3v) is 4.28. The number of carbonyl (C=O) groups is 2. The van der Waals surface area contributed by atoms with Gasteiger partial charge in [-0.05, 0) is 37.8 Å². The number of carbonyl (C=O) groups excluding carboxylic acids is 2. The Labute approximate surface area is 155 Å². The smallest absolute Gasteiger partial charge is 0.0807 e. The lowest BCUT2D eigenvalue weighted by Crippen LogP contribution is -2.32. The van der Waals surface area contributed by atoms with Crippen molar-refractivity contribution in [3.63, 3.8) is 0 Å². The summed E-state index contributed by atoms with van der Waals surface area (Å²) in [6, 6.07) is 2.81. The minimum absolute atomic E-state index is 0.284. The lowest BCUT2D eigenvalue weighted by molar-refractivity contribution is -0.259. The number of carboxylic acids is 2. The summed E-state index contributed by atoms with van der Waals surface area (Å²) >= 11 is 0. The van der Waals surface area contributed by atoms with Crippen LogP contribution in [0.4, 0.5) is 0 Å². The number of carboxylic acid groups (broad SMARTS) is 2. The van der Waals surface area contributed by atoms with Crippen LogP contribution in [0.25, 0.3) is 0 Å². The molecule has 0 saturated heterocycles. The molecule has 0 saturated carbocycles. The van der Waals surface area contributed by atoms with Gasteiger partial charge in [0.05, 0.1) is 24.1 Å². The lowest BCUT2D eigenvalue weighted by atomic mass is 9.90. The van der Waals surface area contributed by atoms with Gasteiger partial charge in [0.1, 0.15) is 0 Å². The molecule has 1 aromatic rings. The monoisotopic (exact) mass is 364 g/mol. The van der Waals surface area contributed by atoms with Gasteiger partial charge in [-0.15, -0.1) is 0 Å². The molecular weight excluding hydrogens is 336 g/mol. The molecule has 2 atom stereocenters. The van der Waals surface area contributed by atoms with E-state index in [-0.39, 0.29) is 5.56 Å². The van der Waals surface area contributed by atoms with E-state index in [0.717, 1.165) is 25.7 Å². The topological polar surface area (TPSA) is 98.7 Å². The van der Waals surface area contributed by atoms with Crippen molar-refractivity contribution in [1.29, 1.82) is 0 Å². The van der Waals surface area contributed by atoms with Gasteiger partial charge in [0.15, 0.2) is 0 Å². The Morgan fingerprint density at radius 3 is 1.92 bits per heavy atom. The first-order valence-corrected chi connectivity index (χ1v) is 9.17. The van der Waals surface area contributed by atoms with Crippen molar-refractivity contribution < 1.29 is 29.3 Å². The SMILES string of the molecule is CCCCOC(C)c1ccc(C(=O)[O-])c(C(=O)[O-])c1C(C)OCCCC. The average Bonchev–Trinajstić information content (AvgIpc) is 2.60. The van der Waals surface area contributed by atoms with Crippen LogP contribution in [-0.2, 0) is 9.47 Å². The molecule has 146 valence electrons. The predicted molar refractivity (Wildman–Crippen MR) is 93.7 cm³/mol. The standard InChI is InChI=1S/C20H30O6/c1-5-7-11-25-13(3)15-9-10-16(19(21)22)18(20(23)24)17(15)14(4)26-12-8-6-2/h9-10,13-14H,5-8,11-12H2,1-4H3,(H,21,22)(H,23,24)/p-2. The molecule has 6 nitrogen and oxygen atoms in total. The van der Waals surface area contributed by atoms with Gasteiger partial charge < -0.3 is 29.3 Å². The average molecular weight is 364 g/mol. The van der Waals surface area contributed by atoms with Crippen LogP contribution >= 0.6 is 0 Å². The summed E-state index contributed by atoms with van der Waals surface area (Å²) in [5.74, 6) is -3.12. The van der Waals surface area contributed by atoms with Crippen LogP contribution in [0.5, 0.6) is 0 Å². The molecule has 0 fully saturated rings. The van der Waals surface area contributed by atoms with E-state index in [1.165, 1.54) is 6.07 Å². The number of ether oxygens (including phenoxy) is 2. The normalized spacial score (nSPS) is 13.4. The Hall–Kier alpha value is -1.92. The van der Waals surface area contributed by atoms with E-state index in [2.05, 4.69) is 0 Å². The number of benzene rings is 1. The van der Waals surface area contributed by atoms with Crippen LogP contribution < -0.4 is 10.2 Å². The molecule has 1 rings (SSSR count). The second kappa shape index (κ2) is 10.9. The Bertz CT molecular complexity index is 611. The quantitative estimate of drug-likeness (QED) is 0.527. The van der Waals surface area contributed by atoms with E-state index >= 15 is 0 Å². The maximum absolute atomic E-state index is 11.7. The van der Waals surface area contributed by atoms with Gasteiger partial charge in [-0.1, -0.05) is 38.8 Å². The van der Waals surface area contributed by atoms with Crippen molar-refractivity contribution in [3.05, 3.63) is 34.4 Å². The fourth-order valence-electron chi connectivity index (χ4n) is 2.80. The second-order valence-electron chi connectivity index (χ2n) is 6.30. The predicted octanol–water partition coefficient (Wildman–Crippen LogP) is 2.17. The Balaban J connectivity index is 3.36. The van der Waals surface area contributed by atoms with E-state index in [1.54, 1.807) is 13.0 Å². The van der Waals surface area contributed by atoms with Crippen molar-refractivity contribution >= 4 is 11.9 Å². The van der Waals surface area contributed by atoms with E-state index in [0.29, 0.717) is 18.8 Å².